The molecule has 298 valence electrons. The molecule has 0 aliphatic carbocycles. The fraction of sp³-hybridized carbons (Fsp3) is 0.123. The first-order chi connectivity index (χ1) is 30.2. The van der Waals surface area contributed by atoms with E-state index in [0.29, 0.717) is 5.89 Å². The molecule has 0 saturated carbocycles. The Morgan fingerprint density at radius 1 is 0.452 bits per heavy atom. The molecule has 0 unspecified atom stereocenters. The number of rotatable bonds is 5. The van der Waals surface area contributed by atoms with Gasteiger partial charge >= 0.3 is 0 Å². The highest BCUT2D eigenvalue weighted by atomic mass is 16.3. The lowest BCUT2D eigenvalue weighted by Gasteiger charge is -2.42. The van der Waals surface area contributed by atoms with E-state index in [9.17, 15) is 0 Å². The van der Waals surface area contributed by atoms with Gasteiger partial charge in [0.2, 0.25) is 5.89 Å². The molecule has 1 aromatic heterocycles. The topological polar surface area (TPSA) is 44.9 Å². The number of benzene rings is 8. The van der Waals surface area contributed by atoms with E-state index in [1.807, 2.05) is 24.3 Å². The van der Waals surface area contributed by atoms with Gasteiger partial charge in [-0.05, 0) is 129 Å². The second-order valence-electron chi connectivity index (χ2n) is 17.9. The summed E-state index contributed by atoms with van der Waals surface area (Å²) in [6.07, 6.45) is 0.851. The Labute approximate surface area is 362 Å². The van der Waals surface area contributed by atoms with E-state index in [1.54, 1.807) is 0 Å². The van der Waals surface area contributed by atoms with Crippen LogP contribution in [0.5, 0.6) is 0 Å². The molecule has 0 atom stereocenters. The van der Waals surface area contributed by atoms with Gasteiger partial charge in [-0.15, -0.1) is 0 Å². The number of aliphatic imine (C=N–C) groups is 1. The van der Waals surface area contributed by atoms with Gasteiger partial charge in [0.25, 0.3) is 0 Å². The number of hydrogen-bond acceptors (Lipinski definition) is 5. The Hall–Kier alpha value is -7.50. The van der Waals surface area contributed by atoms with Crippen LogP contribution in [0.2, 0.25) is 0 Å². The Morgan fingerprint density at radius 2 is 0.984 bits per heavy atom. The maximum atomic E-state index is 6.27. The lowest BCUT2D eigenvalue weighted by molar-refractivity contribution is 0.615. The van der Waals surface area contributed by atoms with Crippen molar-refractivity contribution in [1.29, 1.82) is 0 Å². The smallest absolute Gasteiger partial charge is 0.227 e. The molecule has 5 nitrogen and oxygen atoms in total. The number of para-hydroxylation sites is 5. The molecule has 0 amide bonds. The molecule has 8 aromatic carbocycles. The van der Waals surface area contributed by atoms with Gasteiger partial charge in [0.05, 0.1) is 34.1 Å². The molecule has 3 aliphatic rings. The minimum atomic E-state index is -0.262. The maximum Gasteiger partial charge on any atom is 0.227 e. The quantitative estimate of drug-likeness (QED) is 0.174. The van der Waals surface area contributed by atoms with Crippen molar-refractivity contribution < 1.29 is 4.42 Å². The summed E-state index contributed by atoms with van der Waals surface area (Å²) in [6, 6.07) is 65.8. The van der Waals surface area contributed by atoms with Crippen LogP contribution in [0.15, 0.2) is 191 Å². The number of anilines is 6. The van der Waals surface area contributed by atoms with Crippen LogP contribution >= 0.6 is 0 Å². The fourth-order valence-electron chi connectivity index (χ4n) is 10.2. The highest BCUT2D eigenvalue weighted by Gasteiger charge is 2.39. The molecule has 0 saturated heterocycles. The van der Waals surface area contributed by atoms with Crippen molar-refractivity contribution in [1.82, 2.24) is 4.98 Å². The molecule has 3 aliphatic heterocycles. The molecule has 5 heteroatoms. The Balaban J connectivity index is 0.947. The first kappa shape index (κ1) is 36.4. The van der Waals surface area contributed by atoms with E-state index < -0.39 is 0 Å². The first-order valence-electron chi connectivity index (χ1n) is 21.5. The van der Waals surface area contributed by atoms with Gasteiger partial charge in [-0.2, -0.15) is 0 Å². The van der Waals surface area contributed by atoms with Gasteiger partial charge in [0, 0.05) is 34.2 Å². The Kier molecular flexibility index (Phi) is 7.92. The van der Waals surface area contributed by atoms with E-state index in [-0.39, 0.29) is 10.8 Å². The zero-order valence-electron chi connectivity index (χ0n) is 35.2. The van der Waals surface area contributed by atoms with Crippen LogP contribution in [0.1, 0.15) is 61.1 Å². The van der Waals surface area contributed by atoms with Crippen molar-refractivity contribution in [2.45, 2.75) is 44.9 Å². The molecule has 0 radical (unpaired) electrons. The Bertz CT molecular complexity index is 3280. The third kappa shape index (κ3) is 5.54. The van der Waals surface area contributed by atoms with Gasteiger partial charge in [0.15, 0.2) is 5.58 Å². The standard InChI is InChI=1S/C57H44N4O/c1-56(2)43-20-6-10-24-50(43)60(52-29-27-39(33-45(52)56)49-35-38-15-5-8-22-47(38)58-49)41-18-13-16-36(31-41)37-17-14-19-42(32-37)61-51-25-11-7-21-44(51)57(3,4)46-34-40(28-30-53(46)61)55-59-48-23-9-12-26-54(48)62-55/h5-34H,35H2,1-4H3. The summed E-state index contributed by atoms with van der Waals surface area (Å²) in [4.78, 5) is 14.8. The summed E-state index contributed by atoms with van der Waals surface area (Å²) < 4.78 is 6.27. The van der Waals surface area contributed by atoms with Crippen molar-refractivity contribution in [3.05, 3.63) is 215 Å². The van der Waals surface area contributed by atoms with E-state index in [2.05, 4.69) is 195 Å². The summed E-state index contributed by atoms with van der Waals surface area (Å²) in [6.45, 7) is 9.35. The third-order valence-electron chi connectivity index (χ3n) is 13.5. The molecule has 4 heterocycles. The van der Waals surface area contributed by atoms with Crippen LogP contribution in [0.4, 0.5) is 39.8 Å². The molecule has 0 fully saturated rings. The molecule has 12 rings (SSSR count). The number of aromatic nitrogens is 1. The van der Waals surface area contributed by atoms with E-state index >= 15 is 0 Å². The van der Waals surface area contributed by atoms with Crippen LogP contribution in [0.3, 0.4) is 0 Å². The number of fused-ring (bicyclic) bond motifs is 6. The lowest BCUT2D eigenvalue weighted by atomic mass is 9.73. The second-order valence-corrected chi connectivity index (χ2v) is 17.9. The SMILES string of the molecule is CC1(C)c2ccccc2N(c2cccc(-c3cccc(N4c5ccccc5C(C)(C)c5cc(-c6nc7ccccc7o6)ccc54)c3)c2)c2ccc(C3=Nc4ccccc4C3)cc21. The predicted molar refractivity (Wildman–Crippen MR) is 255 cm³/mol. The highest BCUT2D eigenvalue weighted by Crippen LogP contribution is 2.55. The number of hydrogen-bond donors (Lipinski definition) is 0. The van der Waals surface area contributed by atoms with Crippen LogP contribution in [-0.2, 0) is 17.3 Å². The molecular formula is C57H44N4O. The van der Waals surface area contributed by atoms with E-state index in [1.165, 1.54) is 50.4 Å². The molecule has 9 aromatic rings. The summed E-state index contributed by atoms with van der Waals surface area (Å²) in [5, 5.41) is 0. The zero-order valence-corrected chi connectivity index (χ0v) is 35.2. The minimum absolute atomic E-state index is 0.213. The van der Waals surface area contributed by atoms with Crippen molar-refractivity contribution >= 4 is 56.6 Å². The van der Waals surface area contributed by atoms with E-state index in [0.717, 1.165) is 62.7 Å². The highest BCUT2D eigenvalue weighted by molar-refractivity contribution is 6.07. The lowest BCUT2D eigenvalue weighted by Crippen LogP contribution is -2.31. The molecule has 62 heavy (non-hydrogen) atoms. The summed E-state index contributed by atoms with van der Waals surface area (Å²) in [5.41, 5.74) is 21.2. The Morgan fingerprint density at radius 3 is 1.61 bits per heavy atom. The summed E-state index contributed by atoms with van der Waals surface area (Å²) in [5.74, 6) is 0.634. The second kappa shape index (κ2) is 13.5. The predicted octanol–water partition coefficient (Wildman–Crippen LogP) is 15.1. The average Bonchev–Trinajstić information content (AvgIpc) is 3.95. The third-order valence-corrected chi connectivity index (χ3v) is 13.5. The molecular weight excluding hydrogens is 757 g/mol. The molecule has 0 N–H and O–H groups in total. The van der Waals surface area contributed by atoms with Crippen molar-refractivity contribution in [2.75, 3.05) is 9.80 Å². The number of oxazole rings is 1. The first-order valence-corrected chi connectivity index (χ1v) is 21.5. The van der Waals surface area contributed by atoms with Crippen LogP contribution in [0.25, 0.3) is 33.7 Å². The number of nitrogens with zero attached hydrogens (tertiary/aromatic N) is 4. The van der Waals surface area contributed by atoms with Crippen LogP contribution in [-0.4, -0.2) is 10.7 Å². The monoisotopic (exact) mass is 800 g/mol. The van der Waals surface area contributed by atoms with Gasteiger partial charge < -0.3 is 14.2 Å². The van der Waals surface area contributed by atoms with Gasteiger partial charge in [-0.1, -0.05) is 125 Å². The van der Waals surface area contributed by atoms with Gasteiger partial charge in [-0.25, -0.2) is 4.98 Å². The van der Waals surface area contributed by atoms with Crippen molar-refractivity contribution in [3.63, 3.8) is 0 Å². The largest absolute Gasteiger partial charge is 0.436 e. The van der Waals surface area contributed by atoms with Crippen molar-refractivity contribution in [2.24, 2.45) is 4.99 Å². The normalized spacial score (nSPS) is 15.3. The van der Waals surface area contributed by atoms with Crippen LogP contribution in [0, 0.1) is 0 Å². The zero-order chi connectivity index (χ0) is 41.7. The molecule has 0 spiro atoms. The van der Waals surface area contributed by atoms with Crippen LogP contribution < -0.4 is 9.80 Å². The average molecular weight is 801 g/mol. The summed E-state index contributed by atoms with van der Waals surface area (Å²) in [7, 11) is 0. The van der Waals surface area contributed by atoms with Gasteiger partial charge in [-0.3, -0.25) is 4.99 Å². The van der Waals surface area contributed by atoms with E-state index in [4.69, 9.17) is 14.4 Å². The minimum Gasteiger partial charge on any atom is -0.436 e. The summed E-state index contributed by atoms with van der Waals surface area (Å²) >= 11 is 0. The van der Waals surface area contributed by atoms with Gasteiger partial charge in [0.1, 0.15) is 5.52 Å². The fourth-order valence-corrected chi connectivity index (χ4v) is 10.2. The molecule has 0 bridgehead atoms. The maximum absolute atomic E-state index is 6.27. The van der Waals surface area contributed by atoms with Crippen molar-refractivity contribution in [3.8, 4) is 22.6 Å².